The summed E-state index contributed by atoms with van der Waals surface area (Å²) in [6, 6.07) is 3.91. The molecule has 2 N–H and O–H groups in total. The Balaban J connectivity index is 1.49. The Labute approximate surface area is 172 Å². The van der Waals surface area contributed by atoms with Gasteiger partial charge in [0.25, 0.3) is 0 Å². The number of aromatic nitrogens is 1. The average Bonchev–Trinajstić information content (AvgIpc) is 2.76. The van der Waals surface area contributed by atoms with Crippen LogP contribution in [0, 0.1) is 11.3 Å². The molecule has 2 fully saturated rings. The van der Waals surface area contributed by atoms with Gasteiger partial charge < -0.3 is 10.5 Å². The summed E-state index contributed by atoms with van der Waals surface area (Å²) in [7, 11) is 1.46. The normalized spacial score (nSPS) is 26.8. The van der Waals surface area contributed by atoms with Crippen LogP contribution in [-0.4, -0.2) is 36.2 Å². The molecule has 1 heterocycles. The number of Topliss-reactive ketones (excluding diaryl/α,β-unsaturated/α-hetero) is 2. The smallest absolute Gasteiger partial charge is 0.305 e. The molecule has 0 saturated heterocycles. The molecule has 0 aliphatic heterocycles. The highest BCUT2D eigenvalue weighted by atomic mass is 16.5. The van der Waals surface area contributed by atoms with E-state index in [-0.39, 0.29) is 18.9 Å². The van der Waals surface area contributed by atoms with E-state index in [0.29, 0.717) is 23.7 Å². The van der Waals surface area contributed by atoms with Crippen molar-refractivity contribution in [3.8, 4) is 0 Å². The second-order valence-electron chi connectivity index (χ2n) is 8.82. The van der Waals surface area contributed by atoms with E-state index < -0.39 is 11.6 Å². The fourth-order valence-corrected chi connectivity index (χ4v) is 5.02. The van der Waals surface area contributed by atoms with Gasteiger partial charge >= 0.3 is 5.97 Å². The number of carbonyl (C=O) groups is 3. The maximum absolute atomic E-state index is 11.7. The third kappa shape index (κ3) is 5.50. The summed E-state index contributed by atoms with van der Waals surface area (Å²) in [5.74, 6) is -0.131. The molecule has 1 aromatic heterocycles. The van der Waals surface area contributed by atoms with Gasteiger partial charge in [0.2, 0.25) is 11.6 Å². The van der Waals surface area contributed by atoms with Gasteiger partial charge in [-0.2, -0.15) is 0 Å². The number of hydrogen-bond donors (Lipinski definition) is 1. The van der Waals surface area contributed by atoms with Gasteiger partial charge in [-0.3, -0.25) is 19.4 Å². The van der Waals surface area contributed by atoms with E-state index in [2.05, 4.69) is 4.98 Å². The standard InChI is InChI=1S/C23H32N2O4/c1-29-22(28)13-16-4-8-23(9-5-16)10-6-18(7-11-23)19-3-2-17(15-25-19)12-20(26)21(27)14-24/h2-3,15-16,18H,4-14,24H2,1H3. The number of esters is 1. The molecule has 1 spiro atoms. The molecule has 2 saturated carbocycles. The third-order valence-corrected chi connectivity index (χ3v) is 7.02. The minimum absolute atomic E-state index is 0.0732. The van der Waals surface area contributed by atoms with Crippen LogP contribution in [0.1, 0.15) is 75.0 Å². The first-order chi connectivity index (χ1) is 13.9. The monoisotopic (exact) mass is 400 g/mol. The van der Waals surface area contributed by atoms with E-state index >= 15 is 0 Å². The molecule has 29 heavy (non-hydrogen) atoms. The van der Waals surface area contributed by atoms with E-state index in [1.165, 1.54) is 32.8 Å². The lowest BCUT2D eigenvalue weighted by Gasteiger charge is -2.44. The second kappa shape index (κ2) is 9.61. The van der Waals surface area contributed by atoms with Crippen molar-refractivity contribution in [1.82, 2.24) is 4.98 Å². The molecule has 158 valence electrons. The predicted octanol–water partition coefficient (Wildman–Crippen LogP) is 3.12. The quantitative estimate of drug-likeness (QED) is 0.558. The summed E-state index contributed by atoms with van der Waals surface area (Å²) in [6.45, 7) is -0.238. The van der Waals surface area contributed by atoms with Gasteiger partial charge in [0.15, 0.2) is 0 Å². The van der Waals surface area contributed by atoms with Crippen LogP contribution in [0.4, 0.5) is 0 Å². The fraction of sp³-hybridized carbons (Fsp3) is 0.652. The number of ether oxygens (including phenoxy) is 1. The zero-order valence-corrected chi connectivity index (χ0v) is 17.3. The summed E-state index contributed by atoms with van der Waals surface area (Å²) in [4.78, 5) is 39.2. The Kier molecular flexibility index (Phi) is 7.17. The van der Waals surface area contributed by atoms with Crippen LogP contribution < -0.4 is 5.73 Å². The molecule has 2 aliphatic carbocycles. The zero-order valence-electron chi connectivity index (χ0n) is 17.3. The lowest BCUT2D eigenvalue weighted by molar-refractivity contribution is -0.142. The molecule has 1 aromatic rings. The fourth-order valence-electron chi connectivity index (χ4n) is 5.02. The lowest BCUT2D eigenvalue weighted by atomic mass is 9.61. The number of ketones is 2. The van der Waals surface area contributed by atoms with E-state index in [0.717, 1.165) is 36.9 Å². The Bertz CT molecular complexity index is 726. The number of hydrogen-bond acceptors (Lipinski definition) is 6. The number of rotatable bonds is 7. The summed E-state index contributed by atoms with van der Waals surface area (Å²) in [6.07, 6.45) is 11.7. The molecule has 6 heteroatoms. The van der Waals surface area contributed by atoms with Crippen molar-refractivity contribution in [1.29, 1.82) is 0 Å². The van der Waals surface area contributed by atoms with Crippen LogP contribution in [0.3, 0.4) is 0 Å². The largest absolute Gasteiger partial charge is 0.469 e. The van der Waals surface area contributed by atoms with Crippen LogP contribution in [0.2, 0.25) is 0 Å². The molecule has 3 rings (SSSR count). The molecular weight excluding hydrogens is 368 g/mol. The first kappa shape index (κ1) is 21.6. The molecule has 0 atom stereocenters. The Hall–Kier alpha value is -2.08. The minimum atomic E-state index is -0.534. The highest BCUT2D eigenvalue weighted by molar-refractivity contribution is 6.38. The molecule has 2 aliphatic rings. The molecule has 0 amide bonds. The van der Waals surface area contributed by atoms with Crippen LogP contribution in [0.25, 0.3) is 0 Å². The van der Waals surface area contributed by atoms with Crippen molar-refractivity contribution < 1.29 is 19.1 Å². The van der Waals surface area contributed by atoms with Crippen LogP contribution in [-0.2, 0) is 25.5 Å². The first-order valence-electron chi connectivity index (χ1n) is 10.7. The summed E-state index contributed by atoms with van der Waals surface area (Å²) < 4.78 is 4.81. The Morgan fingerprint density at radius 1 is 1.07 bits per heavy atom. The summed E-state index contributed by atoms with van der Waals surface area (Å²) >= 11 is 0. The minimum Gasteiger partial charge on any atom is -0.469 e. The highest BCUT2D eigenvalue weighted by Crippen LogP contribution is 2.52. The zero-order chi connectivity index (χ0) is 20.9. The maximum atomic E-state index is 11.7. The van der Waals surface area contributed by atoms with Crippen molar-refractivity contribution >= 4 is 17.5 Å². The Morgan fingerprint density at radius 2 is 1.72 bits per heavy atom. The third-order valence-electron chi connectivity index (χ3n) is 7.02. The molecule has 0 bridgehead atoms. The average molecular weight is 401 g/mol. The lowest BCUT2D eigenvalue weighted by Crippen LogP contribution is -2.32. The number of methoxy groups -OCH3 is 1. The van der Waals surface area contributed by atoms with Crippen molar-refractivity contribution in [2.75, 3.05) is 13.7 Å². The van der Waals surface area contributed by atoms with Crippen LogP contribution in [0.15, 0.2) is 18.3 Å². The number of nitrogens with two attached hydrogens (primary N) is 1. The van der Waals surface area contributed by atoms with E-state index in [9.17, 15) is 14.4 Å². The topological polar surface area (TPSA) is 99.4 Å². The van der Waals surface area contributed by atoms with Gasteiger partial charge in [0, 0.05) is 30.7 Å². The second-order valence-corrected chi connectivity index (χ2v) is 8.82. The molecule has 0 unspecified atom stereocenters. The summed E-state index contributed by atoms with van der Waals surface area (Å²) in [5, 5.41) is 0. The molecule has 6 nitrogen and oxygen atoms in total. The van der Waals surface area contributed by atoms with Crippen molar-refractivity contribution in [2.45, 2.75) is 70.1 Å². The molecule has 0 aromatic carbocycles. The van der Waals surface area contributed by atoms with E-state index in [1.807, 2.05) is 12.1 Å². The SMILES string of the molecule is COC(=O)CC1CCC2(CC1)CCC(c1ccc(CC(=O)C(=O)CN)cn1)CC2. The van der Waals surface area contributed by atoms with Crippen LogP contribution in [0.5, 0.6) is 0 Å². The van der Waals surface area contributed by atoms with Gasteiger partial charge in [-0.05, 0) is 74.3 Å². The molecule has 0 radical (unpaired) electrons. The number of carbonyl (C=O) groups excluding carboxylic acids is 3. The first-order valence-corrected chi connectivity index (χ1v) is 10.7. The number of nitrogens with zero attached hydrogens (tertiary/aromatic N) is 1. The van der Waals surface area contributed by atoms with Crippen molar-refractivity contribution in [3.63, 3.8) is 0 Å². The maximum Gasteiger partial charge on any atom is 0.305 e. The van der Waals surface area contributed by atoms with E-state index in [1.54, 1.807) is 6.20 Å². The molecular formula is C23H32N2O4. The predicted molar refractivity (Wildman–Crippen MR) is 109 cm³/mol. The van der Waals surface area contributed by atoms with Crippen LogP contribution >= 0.6 is 0 Å². The number of pyridine rings is 1. The van der Waals surface area contributed by atoms with E-state index in [4.69, 9.17) is 10.5 Å². The van der Waals surface area contributed by atoms with Gasteiger partial charge in [-0.25, -0.2) is 0 Å². The van der Waals surface area contributed by atoms with Gasteiger partial charge in [-0.15, -0.1) is 0 Å². The van der Waals surface area contributed by atoms with Crippen molar-refractivity contribution in [3.05, 3.63) is 29.6 Å². The van der Waals surface area contributed by atoms with Crippen molar-refractivity contribution in [2.24, 2.45) is 17.1 Å². The Morgan fingerprint density at radius 3 is 2.28 bits per heavy atom. The van der Waals surface area contributed by atoms with Gasteiger partial charge in [-0.1, -0.05) is 6.07 Å². The van der Waals surface area contributed by atoms with Gasteiger partial charge in [0.05, 0.1) is 13.7 Å². The summed E-state index contributed by atoms with van der Waals surface area (Å²) in [5.41, 5.74) is 7.52. The highest BCUT2D eigenvalue weighted by Gasteiger charge is 2.39. The van der Waals surface area contributed by atoms with Gasteiger partial charge in [0.1, 0.15) is 0 Å².